The second-order valence-electron chi connectivity index (χ2n) is 4.52. The average molecular weight is 300 g/mol. The monoisotopic (exact) mass is 299 g/mol. The minimum atomic E-state index is 0.523. The first-order valence-corrected chi connectivity index (χ1v) is 6.82. The van der Waals surface area contributed by atoms with Crippen LogP contribution in [0.15, 0.2) is 54.6 Å². The quantitative estimate of drug-likeness (QED) is 0.800. The Morgan fingerprint density at radius 1 is 1.10 bits per heavy atom. The van der Waals surface area contributed by atoms with E-state index in [2.05, 4.69) is 5.10 Å². The van der Waals surface area contributed by atoms with Crippen molar-refractivity contribution in [3.8, 4) is 22.7 Å². The highest BCUT2D eigenvalue weighted by molar-refractivity contribution is 6.33. The fraction of sp³-hybridized carbons (Fsp3) is 0.0625. The number of ether oxygens (including phenoxy) is 1. The predicted octanol–water partition coefficient (Wildman–Crippen LogP) is 3.78. The van der Waals surface area contributed by atoms with Crippen LogP contribution in [0.5, 0.6) is 5.75 Å². The Hall–Kier alpha value is -2.46. The van der Waals surface area contributed by atoms with Gasteiger partial charge in [0.1, 0.15) is 17.3 Å². The van der Waals surface area contributed by atoms with Gasteiger partial charge < -0.3 is 10.5 Å². The molecule has 0 aliphatic carbocycles. The van der Waals surface area contributed by atoms with Crippen molar-refractivity contribution < 1.29 is 4.74 Å². The second kappa shape index (κ2) is 5.50. The molecule has 0 bridgehead atoms. The van der Waals surface area contributed by atoms with E-state index in [1.54, 1.807) is 17.9 Å². The number of nitrogen functional groups attached to an aromatic ring is 1. The van der Waals surface area contributed by atoms with Crippen LogP contribution in [0.4, 0.5) is 5.82 Å². The zero-order valence-corrected chi connectivity index (χ0v) is 12.2. The van der Waals surface area contributed by atoms with Gasteiger partial charge in [-0.25, -0.2) is 4.68 Å². The van der Waals surface area contributed by atoms with E-state index in [-0.39, 0.29) is 0 Å². The fourth-order valence-electron chi connectivity index (χ4n) is 2.19. The average Bonchev–Trinajstić information content (AvgIpc) is 2.89. The lowest BCUT2D eigenvalue weighted by atomic mass is 10.1. The number of nitrogens with zero attached hydrogens (tertiary/aromatic N) is 2. The summed E-state index contributed by atoms with van der Waals surface area (Å²) in [6, 6.07) is 16.9. The molecule has 0 saturated carbocycles. The summed E-state index contributed by atoms with van der Waals surface area (Å²) in [4.78, 5) is 0. The molecule has 0 aliphatic heterocycles. The Balaban J connectivity index is 2.13. The summed E-state index contributed by atoms with van der Waals surface area (Å²) >= 11 is 6.21. The zero-order chi connectivity index (χ0) is 14.8. The largest absolute Gasteiger partial charge is 0.494 e. The molecule has 0 unspecified atom stereocenters. The summed E-state index contributed by atoms with van der Waals surface area (Å²) in [5, 5.41) is 5.19. The van der Waals surface area contributed by atoms with Crippen LogP contribution in [-0.4, -0.2) is 16.9 Å². The Morgan fingerprint density at radius 2 is 1.81 bits per heavy atom. The Kier molecular flexibility index (Phi) is 3.54. The zero-order valence-electron chi connectivity index (χ0n) is 11.5. The van der Waals surface area contributed by atoms with Crippen molar-refractivity contribution in [1.29, 1.82) is 0 Å². The van der Waals surface area contributed by atoms with Crippen LogP contribution in [-0.2, 0) is 0 Å². The second-order valence-corrected chi connectivity index (χ2v) is 4.93. The molecule has 0 fully saturated rings. The first-order valence-electron chi connectivity index (χ1n) is 6.44. The highest BCUT2D eigenvalue weighted by Gasteiger charge is 2.13. The number of hydrogen-bond acceptors (Lipinski definition) is 3. The van der Waals surface area contributed by atoms with Crippen molar-refractivity contribution in [1.82, 2.24) is 9.78 Å². The Morgan fingerprint density at radius 3 is 2.57 bits per heavy atom. The molecule has 0 radical (unpaired) electrons. The van der Waals surface area contributed by atoms with E-state index < -0.39 is 0 Å². The highest BCUT2D eigenvalue weighted by atomic mass is 35.5. The van der Waals surface area contributed by atoms with Gasteiger partial charge in [-0.1, -0.05) is 41.9 Å². The number of anilines is 1. The highest BCUT2D eigenvalue weighted by Crippen LogP contribution is 2.30. The van der Waals surface area contributed by atoms with Crippen molar-refractivity contribution in [3.05, 3.63) is 59.6 Å². The maximum Gasteiger partial charge on any atom is 0.144 e. The minimum absolute atomic E-state index is 0.523. The SMILES string of the molecule is COc1ccccc1-n1nc(-c2ccccc2Cl)cc1N. The molecule has 0 spiro atoms. The fourth-order valence-corrected chi connectivity index (χ4v) is 2.43. The molecule has 1 heterocycles. The van der Waals surface area contributed by atoms with Gasteiger partial charge in [0.05, 0.1) is 17.8 Å². The number of para-hydroxylation sites is 2. The summed E-state index contributed by atoms with van der Waals surface area (Å²) in [5.41, 5.74) is 8.45. The van der Waals surface area contributed by atoms with Crippen molar-refractivity contribution in [2.24, 2.45) is 0 Å². The Bertz CT molecular complexity index is 783. The van der Waals surface area contributed by atoms with Gasteiger partial charge in [0.2, 0.25) is 0 Å². The van der Waals surface area contributed by atoms with E-state index in [1.807, 2.05) is 48.5 Å². The van der Waals surface area contributed by atoms with E-state index in [4.69, 9.17) is 22.1 Å². The van der Waals surface area contributed by atoms with Gasteiger partial charge in [-0.2, -0.15) is 5.10 Å². The van der Waals surface area contributed by atoms with Gasteiger partial charge in [-0.15, -0.1) is 0 Å². The maximum atomic E-state index is 6.21. The van der Waals surface area contributed by atoms with Crippen LogP contribution in [0.2, 0.25) is 5.02 Å². The molecule has 2 aromatic carbocycles. The molecule has 3 aromatic rings. The number of aromatic nitrogens is 2. The van der Waals surface area contributed by atoms with Crippen LogP contribution in [0.3, 0.4) is 0 Å². The molecule has 106 valence electrons. The van der Waals surface area contributed by atoms with Gasteiger partial charge in [0.25, 0.3) is 0 Å². The van der Waals surface area contributed by atoms with Crippen molar-refractivity contribution >= 4 is 17.4 Å². The molecule has 0 amide bonds. The predicted molar refractivity (Wildman–Crippen MR) is 85.0 cm³/mol. The first-order chi connectivity index (χ1) is 10.2. The van der Waals surface area contributed by atoms with Gasteiger partial charge in [0, 0.05) is 11.6 Å². The topological polar surface area (TPSA) is 53.1 Å². The lowest BCUT2D eigenvalue weighted by Crippen LogP contribution is -2.03. The van der Waals surface area contributed by atoms with Crippen LogP contribution >= 0.6 is 11.6 Å². The molecule has 0 saturated heterocycles. The van der Waals surface area contributed by atoms with E-state index in [1.165, 1.54) is 0 Å². The molecule has 0 aliphatic rings. The van der Waals surface area contributed by atoms with Crippen LogP contribution < -0.4 is 10.5 Å². The summed E-state index contributed by atoms with van der Waals surface area (Å²) in [5.74, 6) is 1.23. The molecule has 1 aromatic heterocycles. The van der Waals surface area contributed by atoms with Gasteiger partial charge in [-0.05, 0) is 18.2 Å². The number of benzene rings is 2. The molecule has 4 nitrogen and oxygen atoms in total. The molecule has 3 rings (SSSR count). The number of rotatable bonds is 3. The molecular formula is C16H14ClN3O. The summed E-state index contributed by atoms with van der Waals surface area (Å²) in [7, 11) is 1.62. The number of methoxy groups -OCH3 is 1. The van der Waals surface area contributed by atoms with Crippen LogP contribution in [0, 0.1) is 0 Å². The minimum Gasteiger partial charge on any atom is -0.494 e. The van der Waals surface area contributed by atoms with Crippen LogP contribution in [0.1, 0.15) is 0 Å². The Labute approximate surface area is 127 Å². The summed E-state index contributed by atoms with van der Waals surface area (Å²) in [6.07, 6.45) is 0. The molecular weight excluding hydrogens is 286 g/mol. The summed E-state index contributed by atoms with van der Waals surface area (Å²) in [6.45, 7) is 0. The third kappa shape index (κ3) is 2.45. The van der Waals surface area contributed by atoms with Crippen molar-refractivity contribution in [2.45, 2.75) is 0 Å². The lowest BCUT2D eigenvalue weighted by molar-refractivity contribution is 0.412. The van der Waals surface area contributed by atoms with E-state index in [9.17, 15) is 0 Å². The first kappa shape index (κ1) is 13.5. The molecule has 21 heavy (non-hydrogen) atoms. The smallest absolute Gasteiger partial charge is 0.144 e. The van der Waals surface area contributed by atoms with Gasteiger partial charge in [0.15, 0.2) is 0 Å². The van der Waals surface area contributed by atoms with Crippen LogP contribution in [0.25, 0.3) is 16.9 Å². The molecule has 5 heteroatoms. The van der Waals surface area contributed by atoms with Gasteiger partial charge >= 0.3 is 0 Å². The van der Waals surface area contributed by atoms with E-state index in [0.717, 1.165) is 16.9 Å². The summed E-state index contributed by atoms with van der Waals surface area (Å²) < 4.78 is 7.00. The van der Waals surface area contributed by atoms with E-state index in [0.29, 0.717) is 16.6 Å². The van der Waals surface area contributed by atoms with Crippen molar-refractivity contribution in [2.75, 3.05) is 12.8 Å². The normalized spacial score (nSPS) is 10.6. The van der Waals surface area contributed by atoms with Gasteiger partial charge in [-0.3, -0.25) is 0 Å². The van der Waals surface area contributed by atoms with E-state index >= 15 is 0 Å². The third-order valence-electron chi connectivity index (χ3n) is 3.20. The van der Waals surface area contributed by atoms with Crippen molar-refractivity contribution in [3.63, 3.8) is 0 Å². The standard InChI is InChI=1S/C16H14ClN3O/c1-21-15-9-5-4-8-14(15)20-16(18)10-13(19-20)11-6-2-3-7-12(11)17/h2-10H,18H2,1H3. The lowest BCUT2D eigenvalue weighted by Gasteiger charge is -2.09. The molecule has 0 atom stereocenters. The maximum absolute atomic E-state index is 6.21. The number of halogens is 1. The third-order valence-corrected chi connectivity index (χ3v) is 3.53. The molecule has 2 N–H and O–H groups in total. The number of nitrogens with two attached hydrogens (primary N) is 1. The number of hydrogen-bond donors (Lipinski definition) is 1.